The van der Waals surface area contributed by atoms with Crippen LogP contribution in [0.3, 0.4) is 0 Å². The van der Waals surface area contributed by atoms with E-state index in [0.29, 0.717) is 6.42 Å². The molecule has 23 heavy (non-hydrogen) atoms. The smallest absolute Gasteiger partial charge is 0.233 e. The third kappa shape index (κ3) is 2.47. The molecule has 0 bridgehead atoms. The second kappa shape index (κ2) is 5.67. The molecule has 1 aliphatic heterocycles. The Labute approximate surface area is 140 Å². The number of carbonyl (C=O) groups excluding carboxylic acids is 1. The quantitative estimate of drug-likeness (QED) is 0.631. The van der Waals surface area contributed by atoms with E-state index in [1.165, 1.54) is 16.0 Å². The molecule has 1 atom stereocenters. The van der Waals surface area contributed by atoms with Crippen LogP contribution in [0.5, 0.6) is 0 Å². The third-order valence-corrected chi connectivity index (χ3v) is 5.34. The van der Waals surface area contributed by atoms with Crippen molar-refractivity contribution in [1.82, 2.24) is 0 Å². The SMILES string of the molecule is Cc1cc2c(s1)N(c1ccccc1)C(=O)CC2c1ccccc1. The van der Waals surface area contributed by atoms with Crippen LogP contribution >= 0.6 is 11.3 Å². The second-order valence-electron chi connectivity index (χ2n) is 5.85. The van der Waals surface area contributed by atoms with Gasteiger partial charge < -0.3 is 0 Å². The standard InChI is InChI=1S/C20H17NOS/c1-14-12-18-17(15-8-4-2-5-9-15)13-19(22)21(20(18)23-14)16-10-6-3-7-11-16/h2-12,17H,13H2,1H3. The number of thiophene rings is 1. The molecule has 3 aromatic rings. The first-order valence-electron chi connectivity index (χ1n) is 7.77. The average Bonchev–Trinajstić information content (AvgIpc) is 2.96. The summed E-state index contributed by atoms with van der Waals surface area (Å²) in [4.78, 5) is 16.0. The molecule has 1 amide bonds. The van der Waals surface area contributed by atoms with Gasteiger partial charge in [0.15, 0.2) is 0 Å². The summed E-state index contributed by atoms with van der Waals surface area (Å²) in [6.07, 6.45) is 0.516. The molecule has 0 radical (unpaired) electrons. The van der Waals surface area contributed by atoms with Gasteiger partial charge in [-0.15, -0.1) is 11.3 Å². The lowest BCUT2D eigenvalue weighted by atomic mass is 9.86. The van der Waals surface area contributed by atoms with E-state index >= 15 is 0 Å². The summed E-state index contributed by atoms with van der Waals surface area (Å²) in [5.74, 6) is 0.322. The molecule has 0 fully saturated rings. The van der Waals surface area contributed by atoms with Crippen molar-refractivity contribution >= 4 is 27.9 Å². The van der Waals surface area contributed by atoms with Gasteiger partial charge in [-0.3, -0.25) is 9.69 Å². The number of hydrogen-bond acceptors (Lipinski definition) is 2. The molecule has 3 heteroatoms. The van der Waals surface area contributed by atoms with Crippen molar-refractivity contribution in [3.63, 3.8) is 0 Å². The van der Waals surface area contributed by atoms with E-state index < -0.39 is 0 Å². The normalized spacial score (nSPS) is 17.2. The fourth-order valence-corrected chi connectivity index (χ4v) is 4.36. The fourth-order valence-electron chi connectivity index (χ4n) is 3.26. The van der Waals surface area contributed by atoms with E-state index in [2.05, 4.69) is 25.1 Å². The molecule has 1 unspecified atom stereocenters. The van der Waals surface area contributed by atoms with Crippen molar-refractivity contribution in [2.24, 2.45) is 0 Å². The maximum absolute atomic E-state index is 12.9. The van der Waals surface area contributed by atoms with Crippen molar-refractivity contribution < 1.29 is 4.79 Å². The monoisotopic (exact) mass is 319 g/mol. The largest absolute Gasteiger partial charge is 0.274 e. The summed E-state index contributed by atoms with van der Waals surface area (Å²) in [5.41, 5.74) is 3.43. The Hall–Kier alpha value is -2.39. The second-order valence-corrected chi connectivity index (χ2v) is 7.08. The minimum absolute atomic E-state index is 0.156. The first-order chi connectivity index (χ1) is 11.2. The number of para-hydroxylation sites is 1. The molecule has 0 spiro atoms. The van der Waals surface area contributed by atoms with Crippen LogP contribution in [0.15, 0.2) is 66.7 Å². The lowest BCUT2D eigenvalue weighted by Crippen LogP contribution is -2.32. The van der Waals surface area contributed by atoms with E-state index in [9.17, 15) is 4.79 Å². The topological polar surface area (TPSA) is 20.3 Å². The van der Waals surface area contributed by atoms with Crippen molar-refractivity contribution in [3.8, 4) is 0 Å². The van der Waals surface area contributed by atoms with E-state index in [4.69, 9.17) is 0 Å². The lowest BCUT2D eigenvalue weighted by Gasteiger charge is -2.31. The van der Waals surface area contributed by atoms with Gasteiger partial charge in [0.25, 0.3) is 0 Å². The minimum Gasteiger partial charge on any atom is -0.274 e. The number of benzene rings is 2. The summed E-state index contributed by atoms with van der Waals surface area (Å²) in [6, 6.07) is 22.5. The number of nitrogens with zero attached hydrogens (tertiary/aromatic N) is 1. The van der Waals surface area contributed by atoms with Crippen LogP contribution in [0.2, 0.25) is 0 Å². The van der Waals surface area contributed by atoms with Crippen LogP contribution in [0, 0.1) is 6.92 Å². The van der Waals surface area contributed by atoms with Gasteiger partial charge in [-0.05, 0) is 36.2 Å². The molecule has 4 rings (SSSR count). The Balaban J connectivity index is 1.85. The lowest BCUT2D eigenvalue weighted by molar-refractivity contribution is -0.118. The number of aryl methyl sites for hydroxylation is 1. The molecular weight excluding hydrogens is 302 g/mol. The highest BCUT2D eigenvalue weighted by molar-refractivity contribution is 7.16. The molecule has 114 valence electrons. The van der Waals surface area contributed by atoms with Crippen molar-refractivity contribution in [2.45, 2.75) is 19.3 Å². The van der Waals surface area contributed by atoms with Gasteiger partial charge in [0.05, 0.1) is 0 Å². The number of carbonyl (C=O) groups is 1. The van der Waals surface area contributed by atoms with Crippen molar-refractivity contribution in [3.05, 3.63) is 82.7 Å². The van der Waals surface area contributed by atoms with Crippen molar-refractivity contribution in [2.75, 3.05) is 4.90 Å². The Morgan fingerprint density at radius 1 is 1.00 bits per heavy atom. The number of hydrogen-bond donors (Lipinski definition) is 0. The highest BCUT2D eigenvalue weighted by atomic mass is 32.1. The Kier molecular flexibility index (Phi) is 3.50. The van der Waals surface area contributed by atoms with E-state index in [1.54, 1.807) is 11.3 Å². The molecule has 1 aromatic heterocycles. The zero-order chi connectivity index (χ0) is 15.8. The number of anilines is 2. The van der Waals surface area contributed by atoms with Gasteiger partial charge in [0.1, 0.15) is 5.00 Å². The Bertz CT molecular complexity index is 839. The van der Waals surface area contributed by atoms with Crippen molar-refractivity contribution in [1.29, 1.82) is 0 Å². The number of rotatable bonds is 2. The van der Waals surface area contributed by atoms with Gasteiger partial charge in [-0.25, -0.2) is 0 Å². The van der Waals surface area contributed by atoms with Crippen LogP contribution in [-0.2, 0) is 4.79 Å². The van der Waals surface area contributed by atoms with Gasteiger partial charge in [0.2, 0.25) is 5.91 Å². The first-order valence-corrected chi connectivity index (χ1v) is 8.59. The Morgan fingerprint density at radius 3 is 2.35 bits per heavy atom. The van der Waals surface area contributed by atoms with Crippen LogP contribution in [0.4, 0.5) is 10.7 Å². The third-order valence-electron chi connectivity index (χ3n) is 4.29. The molecule has 0 N–H and O–H groups in total. The Morgan fingerprint density at radius 2 is 1.65 bits per heavy atom. The molecule has 0 saturated heterocycles. The molecule has 1 aliphatic rings. The summed E-state index contributed by atoms with van der Waals surface area (Å²) < 4.78 is 0. The van der Waals surface area contributed by atoms with Gasteiger partial charge in [0, 0.05) is 22.9 Å². The van der Waals surface area contributed by atoms with Gasteiger partial charge in [-0.1, -0.05) is 48.5 Å². The molecular formula is C20H17NOS. The van der Waals surface area contributed by atoms with Crippen LogP contribution in [-0.4, -0.2) is 5.91 Å². The van der Waals surface area contributed by atoms with Crippen LogP contribution in [0.25, 0.3) is 0 Å². The van der Waals surface area contributed by atoms with E-state index in [1.807, 2.05) is 53.4 Å². The summed E-state index contributed by atoms with van der Waals surface area (Å²) in [7, 11) is 0. The maximum atomic E-state index is 12.9. The highest BCUT2D eigenvalue weighted by Crippen LogP contribution is 2.47. The summed E-state index contributed by atoms with van der Waals surface area (Å²) in [5, 5.41) is 1.07. The number of fused-ring (bicyclic) bond motifs is 1. The highest BCUT2D eigenvalue weighted by Gasteiger charge is 2.34. The summed E-state index contributed by atoms with van der Waals surface area (Å²) in [6.45, 7) is 2.11. The number of amides is 1. The van der Waals surface area contributed by atoms with Gasteiger partial charge >= 0.3 is 0 Å². The molecule has 2 nitrogen and oxygen atoms in total. The first kappa shape index (κ1) is 14.2. The van der Waals surface area contributed by atoms with Gasteiger partial charge in [-0.2, -0.15) is 0 Å². The summed E-state index contributed by atoms with van der Waals surface area (Å²) >= 11 is 1.70. The maximum Gasteiger partial charge on any atom is 0.233 e. The molecule has 2 heterocycles. The van der Waals surface area contributed by atoms with Crippen LogP contribution < -0.4 is 4.90 Å². The fraction of sp³-hybridized carbons (Fsp3) is 0.150. The molecule has 2 aromatic carbocycles. The van der Waals surface area contributed by atoms with Crippen LogP contribution in [0.1, 0.15) is 28.3 Å². The predicted molar refractivity (Wildman–Crippen MR) is 95.5 cm³/mol. The van der Waals surface area contributed by atoms with E-state index in [0.717, 1.165) is 10.7 Å². The molecule has 0 saturated carbocycles. The average molecular weight is 319 g/mol. The zero-order valence-electron chi connectivity index (χ0n) is 12.9. The minimum atomic E-state index is 0.156. The van der Waals surface area contributed by atoms with E-state index in [-0.39, 0.29) is 11.8 Å². The zero-order valence-corrected chi connectivity index (χ0v) is 13.7. The predicted octanol–water partition coefficient (Wildman–Crippen LogP) is 5.26. The molecule has 0 aliphatic carbocycles.